The van der Waals surface area contributed by atoms with Crippen molar-refractivity contribution in [1.29, 1.82) is 0 Å². The van der Waals surface area contributed by atoms with Gasteiger partial charge >= 0.3 is 5.97 Å². The topological polar surface area (TPSA) is 66.8 Å². The van der Waals surface area contributed by atoms with Crippen LogP contribution < -0.4 is 0 Å². The van der Waals surface area contributed by atoms with E-state index in [0.717, 1.165) is 0 Å². The smallest absolute Gasteiger partial charge is 0.326 e. The first kappa shape index (κ1) is 14.9. The summed E-state index contributed by atoms with van der Waals surface area (Å²) in [5.74, 6) is -1.20. The van der Waals surface area contributed by atoms with Crippen molar-refractivity contribution in [2.75, 3.05) is 14.2 Å². The van der Waals surface area contributed by atoms with Crippen molar-refractivity contribution >= 4 is 11.9 Å². The van der Waals surface area contributed by atoms with E-state index < -0.39 is 17.6 Å². The van der Waals surface area contributed by atoms with Crippen molar-refractivity contribution in [1.82, 2.24) is 4.90 Å². The number of hydrogen-bond acceptors (Lipinski definition) is 3. The monoisotopic (exact) mass is 231 g/mol. The van der Waals surface area contributed by atoms with Crippen molar-refractivity contribution < 1.29 is 19.4 Å². The van der Waals surface area contributed by atoms with E-state index in [4.69, 9.17) is 9.84 Å². The second kappa shape index (κ2) is 5.84. The van der Waals surface area contributed by atoms with Crippen LogP contribution in [0.4, 0.5) is 0 Å². The average Bonchev–Trinajstić information content (AvgIpc) is 2.17. The Morgan fingerprint density at radius 1 is 1.44 bits per heavy atom. The van der Waals surface area contributed by atoms with Gasteiger partial charge in [-0.15, -0.1) is 0 Å². The molecule has 1 amide bonds. The highest BCUT2D eigenvalue weighted by Crippen LogP contribution is 2.16. The average molecular weight is 231 g/mol. The largest absolute Gasteiger partial charge is 0.480 e. The summed E-state index contributed by atoms with van der Waals surface area (Å²) in [5.41, 5.74) is -0.567. The van der Waals surface area contributed by atoms with Crippen LogP contribution in [-0.4, -0.2) is 47.7 Å². The van der Waals surface area contributed by atoms with Gasteiger partial charge in [-0.3, -0.25) is 4.79 Å². The number of aliphatic carboxylic acids is 1. The lowest BCUT2D eigenvalue weighted by Gasteiger charge is -2.28. The molecule has 0 aliphatic carbocycles. The predicted molar refractivity (Wildman–Crippen MR) is 60.2 cm³/mol. The van der Waals surface area contributed by atoms with E-state index in [0.29, 0.717) is 6.42 Å². The molecule has 0 aromatic rings. The van der Waals surface area contributed by atoms with Gasteiger partial charge in [-0.25, -0.2) is 4.79 Å². The Labute approximate surface area is 96.4 Å². The molecule has 0 spiro atoms. The number of nitrogens with zero attached hydrogens (tertiary/aromatic N) is 1. The number of likely N-dealkylation sites (N-methyl/N-ethyl adjacent to an activating group) is 1. The van der Waals surface area contributed by atoms with Crippen LogP contribution in [0.25, 0.3) is 0 Å². The summed E-state index contributed by atoms with van der Waals surface area (Å²) in [6.45, 7) is 5.32. The zero-order chi connectivity index (χ0) is 12.9. The molecule has 0 aromatic heterocycles. The van der Waals surface area contributed by atoms with Crippen LogP contribution in [-0.2, 0) is 14.3 Å². The Bertz CT molecular complexity index is 263. The Kier molecular flexibility index (Phi) is 5.44. The number of rotatable bonds is 6. The molecule has 0 aromatic carbocycles. The van der Waals surface area contributed by atoms with E-state index in [-0.39, 0.29) is 12.3 Å². The summed E-state index contributed by atoms with van der Waals surface area (Å²) >= 11 is 0. The van der Waals surface area contributed by atoms with Gasteiger partial charge < -0.3 is 14.7 Å². The molecule has 0 saturated carbocycles. The highest BCUT2D eigenvalue weighted by atomic mass is 16.5. The molecule has 0 saturated heterocycles. The fraction of sp³-hybridized carbons (Fsp3) is 0.818. The van der Waals surface area contributed by atoms with Gasteiger partial charge in [-0.05, 0) is 20.3 Å². The fourth-order valence-electron chi connectivity index (χ4n) is 1.35. The first-order valence-electron chi connectivity index (χ1n) is 5.28. The lowest BCUT2D eigenvalue weighted by atomic mass is 10.0. The number of carboxylic acid groups (broad SMARTS) is 1. The lowest BCUT2D eigenvalue weighted by Crippen LogP contribution is -2.44. The Hall–Kier alpha value is -1.10. The van der Waals surface area contributed by atoms with Gasteiger partial charge in [0.25, 0.3) is 0 Å². The molecule has 0 aliphatic heterocycles. The van der Waals surface area contributed by atoms with Gasteiger partial charge in [-0.1, -0.05) is 6.92 Å². The molecule has 0 heterocycles. The second-order valence-electron chi connectivity index (χ2n) is 4.41. The summed E-state index contributed by atoms with van der Waals surface area (Å²) in [4.78, 5) is 24.0. The number of methoxy groups -OCH3 is 1. The number of ether oxygens (including phenoxy) is 1. The highest BCUT2D eigenvalue weighted by Gasteiger charge is 2.29. The molecule has 0 aliphatic rings. The van der Waals surface area contributed by atoms with Crippen LogP contribution in [0.15, 0.2) is 0 Å². The third-order valence-corrected chi connectivity index (χ3v) is 2.66. The van der Waals surface area contributed by atoms with Crippen molar-refractivity contribution in [3.8, 4) is 0 Å². The second-order valence-corrected chi connectivity index (χ2v) is 4.41. The van der Waals surface area contributed by atoms with E-state index >= 15 is 0 Å². The van der Waals surface area contributed by atoms with Crippen molar-refractivity contribution in [3.05, 3.63) is 0 Å². The van der Waals surface area contributed by atoms with Crippen LogP contribution in [0.2, 0.25) is 0 Å². The quantitative estimate of drug-likeness (QED) is 0.744. The molecule has 0 fully saturated rings. The maximum atomic E-state index is 11.8. The van der Waals surface area contributed by atoms with E-state index in [9.17, 15) is 9.59 Å². The van der Waals surface area contributed by atoms with E-state index in [2.05, 4.69) is 0 Å². The van der Waals surface area contributed by atoms with Gasteiger partial charge in [0.05, 0.1) is 12.0 Å². The number of carbonyl (C=O) groups is 2. The van der Waals surface area contributed by atoms with E-state index in [1.165, 1.54) is 19.1 Å². The molecule has 0 rings (SSSR count). The summed E-state index contributed by atoms with van der Waals surface area (Å²) in [5, 5.41) is 8.92. The van der Waals surface area contributed by atoms with Crippen LogP contribution in [0.3, 0.4) is 0 Å². The van der Waals surface area contributed by atoms with Gasteiger partial charge in [0, 0.05) is 14.2 Å². The number of hydrogen-bond donors (Lipinski definition) is 1. The first-order chi connectivity index (χ1) is 7.25. The van der Waals surface area contributed by atoms with Gasteiger partial charge in [0.2, 0.25) is 5.91 Å². The summed E-state index contributed by atoms with van der Waals surface area (Å²) in [6, 6.07) is -0.764. The predicted octanol–water partition coefficient (Wildman–Crippen LogP) is 1.12. The van der Waals surface area contributed by atoms with Crippen LogP contribution in [0, 0.1) is 0 Å². The maximum Gasteiger partial charge on any atom is 0.326 e. The van der Waals surface area contributed by atoms with Crippen LogP contribution >= 0.6 is 0 Å². The Morgan fingerprint density at radius 3 is 2.25 bits per heavy atom. The summed E-state index contributed by atoms with van der Waals surface area (Å²) < 4.78 is 5.14. The van der Waals surface area contributed by atoms with Crippen LogP contribution in [0.1, 0.15) is 33.6 Å². The van der Waals surface area contributed by atoms with E-state index in [1.54, 1.807) is 20.8 Å². The van der Waals surface area contributed by atoms with Gasteiger partial charge in [0.1, 0.15) is 6.04 Å². The minimum absolute atomic E-state index is 0.170. The van der Waals surface area contributed by atoms with Crippen molar-refractivity contribution in [3.63, 3.8) is 0 Å². The molecule has 5 nitrogen and oxygen atoms in total. The number of amides is 1. The number of carbonyl (C=O) groups excluding carboxylic acids is 1. The molecule has 16 heavy (non-hydrogen) atoms. The standard InChI is InChI=1S/C11H21NO4/c1-6-8(10(14)15)12(4)9(13)7-11(2,3)16-5/h8H,6-7H2,1-5H3,(H,14,15). The van der Waals surface area contributed by atoms with Crippen molar-refractivity contribution in [2.45, 2.75) is 45.3 Å². The molecule has 1 atom stereocenters. The molecule has 1 unspecified atom stereocenters. The fourth-order valence-corrected chi connectivity index (χ4v) is 1.35. The van der Waals surface area contributed by atoms with E-state index in [1.807, 2.05) is 0 Å². The Balaban J connectivity index is 4.55. The summed E-state index contributed by atoms with van der Waals surface area (Å²) in [6.07, 6.45) is 0.564. The number of carboxylic acids is 1. The molecular weight excluding hydrogens is 210 g/mol. The first-order valence-corrected chi connectivity index (χ1v) is 5.28. The van der Waals surface area contributed by atoms with Crippen molar-refractivity contribution in [2.24, 2.45) is 0 Å². The highest BCUT2D eigenvalue weighted by molar-refractivity contribution is 5.83. The van der Waals surface area contributed by atoms with Gasteiger partial charge in [0.15, 0.2) is 0 Å². The molecule has 5 heteroatoms. The SMILES string of the molecule is CCC(C(=O)O)N(C)C(=O)CC(C)(C)OC. The molecule has 0 bridgehead atoms. The Morgan fingerprint density at radius 2 is 1.94 bits per heavy atom. The minimum atomic E-state index is -0.978. The zero-order valence-electron chi connectivity index (χ0n) is 10.6. The normalized spacial score (nSPS) is 13.3. The third-order valence-electron chi connectivity index (χ3n) is 2.66. The molecule has 1 N–H and O–H groups in total. The maximum absolute atomic E-state index is 11.8. The molecule has 94 valence electrons. The lowest BCUT2D eigenvalue weighted by molar-refractivity contribution is -0.151. The molecular formula is C11H21NO4. The van der Waals surface area contributed by atoms with Crippen LogP contribution in [0.5, 0.6) is 0 Å². The third kappa shape index (κ3) is 4.18. The minimum Gasteiger partial charge on any atom is -0.480 e. The summed E-state index contributed by atoms with van der Waals surface area (Å²) in [7, 11) is 3.04. The molecule has 0 radical (unpaired) electrons. The van der Waals surface area contributed by atoms with Gasteiger partial charge in [-0.2, -0.15) is 0 Å². The zero-order valence-corrected chi connectivity index (χ0v) is 10.6.